The SMILES string of the molecule is C[C@H]1CN2C[C@@H](NC(=O)c3ccc(N4CCCC4)c(Cl)c3)C[C@H]2CO1. The van der Waals surface area contributed by atoms with Crippen molar-refractivity contribution in [3.05, 3.63) is 28.8 Å². The zero-order valence-electron chi connectivity index (χ0n) is 14.7. The number of halogens is 1. The molecular formula is C19H26ClN3O2. The Morgan fingerprint density at radius 1 is 1.28 bits per heavy atom. The Labute approximate surface area is 154 Å². The molecule has 0 radical (unpaired) electrons. The molecule has 0 saturated carbocycles. The molecule has 25 heavy (non-hydrogen) atoms. The number of rotatable bonds is 3. The summed E-state index contributed by atoms with van der Waals surface area (Å²) in [4.78, 5) is 17.3. The van der Waals surface area contributed by atoms with Gasteiger partial charge in [0.2, 0.25) is 0 Å². The molecule has 3 fully saturated rings. The molecule has 4 rings (SSSR count). The quantitative estimate of drug-likeness (QED) is 0.896. The van der Waals surface area contributed by atoms with Gasteiger partial charge in [0.1, 0.15) is 0 Å². The van der Waals surface area contributed by atoms with Crippen LogP contribution in [0.1, 0.15) is 36.5 Å². The largest absolute Gasteiger partial charge is 0.376 e. The Morgan fingerprint density at radius 2 is 2.08 bits per heavy atom. The molecule has 0 aromatic heterocycles. The van der Waals surface area contributed by atoms with Crippen LogP contribution in [-0.4, -0.2) is 61.8 Å². The van der Waals surface area contributed by atoms with Crippen LogP contribution in [0.2, 0.25) is 5.02 Å². The van der Waals surface area contributed by atoms with E-state index < -0.39 is 0 Å². The Morgan fingerprint density at radius 3 is 2.84 bits per heavy atom. The molecule has 3 aliphatic heterocycles. The second kappa shape index (κ2) is 7.14. The van der Waals surface area contributed by atoms with Gasteiger partial charge in [0.25, 0.3) is 5.91 Å². The highest BCUT2D eigenvalue weighted by Crippen LogP contribution is 2.30. The van der Waals surface area contributed by atoms with Gasteiger partial charge in [0, 0.05) is 43.8 Å². The van der Waals surface area contributed by atoms with Crippen molar-refractivity contribution >= 4 is 23.2 Å². The first kappa shape index (κ1) is 17.1. The number of benzene rings is 1. The summed E-state index contributed by atoms with van der Waals surface area (Å²) in [5.41, 5.74) is 1.68. The van der Waals surface area contributed by atoms with Gasteiger partial charge in [-0.3, -0.25) is 9.69 Å². The summed E-state index contributed by atoms with van der Waals surface area (Å²) in [5, 5.41) is 3.84. The van der Waals surface area contributed by atoms with E-state index in [4.69, 9.17) is 16.3 Å². The van der Waals surface area contributed by atoms with Crippen molar-refractivity contribution in [1.82, 2.24) is 10.2 Å². The minimum atomic E-state index is -0.0336. The van der Waals surface area contributed by atoms with E-state index in [0.717, 1.165) is 44.9 Å². The molecule has 3 atom stereocenters. The van der Waals surface area contributed by atoms with Crippen LogP contribution in [0.3, 0.4) is 0 Å². The number of carbonyl (C=O) groups is 1. The van der Waals surface area contributed by atoms with Crippen LogP contribution in [0.4, 0.5) is 5.69 Å². The lowest BCUT2D eigenvalue weighted by atomic mass is 10.1. The molecule has 5 nitrogen and oxygen atoms in total. The van der Waals surface area contributed by atoms with E-state index >= 15 is 0 Å². The van der Waals surface area contributed by atoms with Crippen molar-refractivity contribution in [3.8, 4) is 0 Å². The molecule has 1 amide bonds. The van der Waals surface area contributed by atoms with Gasteiger partial charge in [-0.2, -0.15) is 0 Å². The van der Waals surface area contributed by atoms with Crippen molar-refractivity contribution in [1.29, 1.82) is 0 Å². The fraction of sp³-hybridized carbons (Fsp3) is 0.632. The van der Waals surface area contributed by atoms with E-state index in [1.165, 1.54) is 12.8 Å². The summed E-state index contributed by atoms with van der Waals surface area (Å²) in [6.45, 7) is 6.82. The van der Waals surface area contributed by atoms with E-state index in [-0.39, 0.29) is 18.1 Å². The van der Waals surface area contributed by atoms with Gasteiger partial charge >= 0.3 is 0 Å². The molecule has 6 heteroatoms. The first-order valence-electron chi connectivity index (χ1n) is 9.31. The fourth-order valence-electron chi connectivity index (χ4n) is 4.28. The van der Waals surface area contributed by atoms with Crippen molar-refractivity contribution < 1.29 is 9.53 Å². The maximum atomic E-state index is 12.6. The molecule has 3 heterocycles. The Bertz CT molecular complexity index is 648. The number of anilines is 1. The number of amides is 1. The van der Waals surface area contributed by atoms with Crippen molar-refractivity contribution in [2.75, 3.05) is 37.7 Å². The van der Waals surface area contributed by atoms with Crippen molar-refractivity contribution in [2.45, 2.75) is 44.4 Å². The van der Waals surface area contributed by atoms with Gasteiger partial charge in [-0.05, 0) is 44.4 Å². The number of nitrogens with one attached hydrogen (secondary N) is 1. The van der Waals surface area contributed by atoms with Crippen LogP contribution in [0, 0.1) is 0 Å². The van der Waals surface area contributed by atoms with E-state index in [9.17, 15) is 4.79 Å². The van der Waals surface area contributed by atoms with Gasteiger partial charge in [0.15, 0.2) is 0 Å². The predicted octanol–water partition coefficient (Wildman–Crippen LogP) is 2.53. The van der Waals surface area contributed by atoms with Crippen molar-refractivity contribution in [2.24, 2.45) is 0 Å². The molecule has 0 aliphatic carbocycles. The number of morpholine rings is 1. The topological polar surface area (TPSA) is 44.8 Å². The summed E-state index contributed by atoms with van der Waals surface area (Å²) in [5.74, 6) is -0.0336. The van der Waals surface area contributed by atoms with Crippen LogP contribution in [-0.2, 0) is 4.74 Å². The average Bonchev–Trinajstić information content (AvgIpc) is 3.23. The second-order valence-electron chi connectivity index (χ2n) is 7.52. The van der Waals surface area contributed by atoms with Crippen LogP contribution in [0.5, 0.6) is 0 Å². The van der Waals surface area contributed by atoms with Gasteiger partial charge in [-0.25, -0.2) is 0 Å². The molecule has 3 saturated heterocycles. The molecule has 0 spiro atoms. The molecule has 0 unspecified atom stereocenters. The van der Waals surface area contributed by atoms with E-state index in [2.05, 4.69) is 22.0 Å². The lowest BCUT2D eigenvalue weighted by molar-refractivity contribution is -0.0390. The summed E-state index contributed by atoms with van der Waals surface area (Å²) in [7, 11) is 0. The number of nitrogens with zero attached hydrogens (tertiary/aromatic N) is 2. The number of hydrogen-bond acceptors (Lipinski definition) is 4. The lowest BCUT2D eigenvalue weighted by Crippen LogP contribution is -2.45. The van der Waals surface area contributed by atoms with Crippen LogP contribution < -0.4 is 10.2 Å². The standard InChI is InChI=1S/C19H26ClN3O2/c1-13-10-23-11-15(9-16(23)12-25-13)21-19(24)14-4-5-18(17(20)8-14)22-6-2-3-7-22/h4-5,8,13,15-16H,2-3,6-7,9-12H2,1H3,(H,21,24)/t13-,15-,16-/m0/s1. The molecule has 3 aliphatic rings. The van der Waals surface area contributed by atoms with Crippen LogP contribution in [0.15, 0.2) is 18.2 Å². The third kappa shape index (κ3) is 3.64. The van der Waals surface area contributed by atoms with E-state index in [1.807, 2.05) is 12.1 Å². The van der Waals surface area contributed by atoms with Gasteiger partial charge in [-0.15, -0.1) is 0 Å². The van der Waals surface area contributed by atoms with Gasteiger partial charge in [0.05, 0.1) is 23.4 Å². The number of carbonyl (C=O) groups excluding carboxylic acids is 1. The van der Waals surface area contributed by atoms with Gasteiger partial charge < -0.3 is 15.0 Å². The zero-order valence-corrected chi connectivity index (χ0v) is 15.5. The smallest absolute Gasteiger partial charge is 0.251 e. The maximum absolute atomic E-state index is 12.6. The molecular weight excluding hydrogens is 338 g/mol. The minimum absolute atomic E-state index is 0.0336. The van der Waals surface area contributed by atoms with Crippen molar-refractivity contribution in [3.63, 3.8) is 0 Å². The first-order chi connectivity index (χ1) is 12.1. The second-order valence-corrected chi connectivity index (χ2v) is 7.93. The number of fused-ring (bicyclic) bond motifs is 1. The Balaban J connectivity index is 1.39. The maximum Gasteiger partial charge on any atom is 0.251 e. The highest BCUT2D eigenvalue weighted by molar-refractivity contribution is 6.33. The monoisotopic (exact) mass is 363 g/mol. The number of ether oxygens (including phenoxy) is 1. The van der Waals surface area contributed by atoms with Crippen LogP contribution >= 0.6 is 11.6 Å². The Kier molecular flexibility index (Phi) is 4.89. The van der Waals surface area contributed by atoms with Crippen LogP contribution in [0.25, 0.3) is 0 Å². The summed E-state index contributed by atoms with van der Waals surface area (Å²) in [6.07, 6.45) is 3.65. The first-order valence-corrected chi connectivity index (χ1v) is 9.69. The minimum Gasteiger partial charge on any atom is -0.376 e. The third-order valence-electron chi connectivity index (χ3n) is 5.58. The highest BCUT2D eigenvalue weighted by Gasteiger charge is 2.36. The molecule has 1 N–H and O–H groups in total. The molecule has 1 aromatic carbocycles. The van der Waals surface area contributed by atoms with E-state index in [1.54, 1.807) is 6.07 Å². The molecule has 136 valence electrons. The summed E-state index contributed by atoms with van der Waals surface area (Å²) in [6, 6.07) is 6.29. The predicted molar refractivity (Wildman–Crippen MR) is 99.5 cm³/mol. The summed E-state index contributed by atoms with van der Waals surface area (Å²) >= 11 is 6.44. The number of hydrogen-bond donors (Lipinski definition) is 1. The van der Waals surface area contributed by atoms with E-state index in [0.29, 0.717) is 16.6 Å². The van der Waals surface area contributed by atoms with Gasteiger partial charge in [-0.1, -0.05) is 11.6 Å². The highest BCUT2D eigenvalue weighted by atomic mass is 35.5. The molecule has 0 bridgehead atoms. The third-order valence-corrected chi connectivity index (χ3v) is 5.89. The summed E-state index contributed by atoms with van der Waals surface area (Å²) < 4.78 is 5.73. The average molecular weight is 364 g/mol. The fourth-order valence-corrected chi connectivity index (χ4v) is 4.58. The normalized spacial score (nSPS) is 29.7. The Hall–Kier alpha value is -1.30. The molecule has 1 aromatic rings. The zero-order chi connectivity index (χ0) is 17.4. The lowest BCUT2D eigenvalue weighted by Gasteiger charge is -2.33.